The van der Waals surface area contributed by atoms with Crippen LogP contribution in [0.25, 0.3) is 5.31 Å². The molecular formula is C22H25O4P. The molecule has 2 aromatic rings. The van der Waals surface area contributed by atoms with Crippen LogP contribution in [-0.4, -0.2) is 38.9 Å². The van der Waals surface area contributed by atoms with Crippen LogP contribution in [0.2, 0.25) is 0 Å². The zero-order valence-electron chi connectivity index (χ0n) is 16.1. The molecule has 0 radical (unpaired) electrons. The molecule has 2 rings (SSSR count). The van der Waals surface area contributed by atoms with Gasteiger partial charge in [-0.05, 0) is 0 Å². The van der Waals surface area contributed by atoms with E-state index < -0.39 is 18.6 Å². The first kappa shape index (κ1) is 20.6. The van der Waals surface area contributed by atoms with E-state index in [1.807, 2.05) is 56.4 Å². The molecule has 0 unspecified atom stereocenters. The number of carbonyl (C=O) groups is 2. The summed E-state index contributed by atoms with van der Waals surface area (Å²) in [5.74, 6) is -1.08. The molecular weight excluding hydrogens is 359 g/mol. The van der Waals surface area contributed by atoms with E-state index in [0.717, 1.165) is 5.56 Å². The molecule has 5 heteroatoms. The summed E-state index contributed by atoms with van der Waals surface area (Å²) < 4.78 is 11.0. The normalized spacial score (nSPS) is 13.6. The minimum absolute atomic E-state index is 0.0121. The summed E-state index contributed by atoms with van der Waals surface area (Å²) in [7, 11) is 1.27. The van der Waals surface area contributed by atoms with Crippen LogP contribution in [0.3, 0.4) is 0 Å². The Kier molecular flexibility index (Phi) is 6.02. The Balaban J connectivity index is 2.91. The van der Waals surface area contributed by atoms with Gasteiger partial charge in [-0.25, -0.2) is 0 Å². The van der Waals surface area contributed by atoms with E-state index in [1.54, 1.807) is 24.3 Å². The second kappa shape index (κ2) is 7.89. The van der Waals surface area contributed by atoms with E-state index in [4.69, 9.17) is 9.26 Å². The number of ether oxygens (including phenoxy) is 1. The summed E-state index contributed by atoms with van der Waals surface area (Å²) in [5.41, 5.74) is 1.15. The van der Waals surface area contributed by atoms with Gasteiger partial charge in [-0.3, -0.25) is 0 Å². The second-order valence-electron chi connectivity index (χ2n) is 7.20. The van der Waals surface area contributed by atoms with Crippen LogP contribution in [-0.2, 0) is 14.1 Å². The van der Waals surface area contributed by atoms with Gasteiger partial charge >= 0.3 is 160 Å². The number of ketones is 1. The zero-order chi connectivity index (χ0) is 20.1. The molecule has 0 amide bonds. The van der Waals surface area contributed by atoms with Crippen molar-refractivity contribution in [3.8, 4) is 0 Å². The van der Waals surface area contributed by atoms with Crippen molar-refractivity contribution in [2.45, 2.75) is 0 Å². The van der Waals surface area contributed by atoms with Crippen molar-refractivity contribution in [3.05, 3.63) is 90.2 Å². The molecule has 0 atom stereocenters. The van der Waals surface area contributed by atoms with Crippen LogP contribution in [0.5, 0.6) is 0 Å². The standard InChI is InChI=1S/C22H25O4P/c1-6-26-27(3,4,5)21(18-15-11-8-12-16-18)19(22(24)25-2)20(23)17-13-9-7-10-14-17/h6-16H,1H2,2-5H3/b21-19+. The molecule has 142 valence electrons. The molecule has 2 aromatic carbocycles. The van der Waals surface area contributed by atoms with Crippen LogP contribution in [0.4, 0.5) is 0 Å². The van der Waals surface area contributed by atoms with Crippen LogP contribution in [0, 0.1) is 0 Å². The summed E-state index contributed by atoms with van der Waals surface area (Å²) in [6.45, 7) is 6.30. The molecule has 0 aromatic heterocycles. The van der Waals surface area contributed by atoms with Gasteiger partial charge in [-0.2, -0.15) is 0 Å². The van der Waals surface area contributed by atoms with Gasteiger partial charge in [-0.1, -0.05) is 0 Å². The fourth-order valence-corrected chi connectivity index (χ4v) is 5.62. The zero-order valence-corrected chi connectivity index (χ0v) is 17.0. The molecule has 0 fully saturated rings. The first-order valence-corrected chi connectivity index (χ1v) is 12.0. The molecule has 0 saturated carbocycles. The van der Waals surface area contributed by atoms with Gasteiger partial charge in [0, 0.05) is 0 Å². The monoisotopic (exact) mass is 384 g/mol. The van der Waals surface area contributed by atoms with Crippen molar-refractivity contribution in [1.82, 2.24) is 0 Å². The van der Waals surface area contributed by atoms with Crippen molar-refractivity contribution in [3.63, 3.8) is 0 Å². The Morgan fingerprint density at radius 1 is 0.889 bits per heavy atom. The Bertz CT molecular complexity index is 875. The first-order valence-electron chi connectivity index (χ1n) is 8.48. The van der Waals surface area contributed by atoms with E-state index in [1.165, 1.54) is 13.4 Å². The van der Waals surface area contributed by atoms with Crippen LogP contribution < -0.4 is 0 Å². The number of rotatable bonds is 7. The minimum atomic E-state index is -3.16. The molecule has 0 aliphatic heterocycles. The van der Waals surface area contributed by atoms with E-state index in [-0.39, 0.29) is 5.57 Å². The van der Waals surface area contributed by atoms with E-state index in [2.05, 4.69) is 6.58 Å². The molecule has 0 aliphatic rings. The topological polar surface area (TPSA) is 52.6 Å². The summed E-state index contributed by atoms with van der Waals surface area (Å²) >= 11 is 0. The summed E-state index contributed by atoms with van der Waals surface area (Å²) in [4.78, 5) is 26.1. The van der Waals surface area contributed by atoms with Crippen LogP contribution in [0.1, 0.15) is 15.9 Å². The predicted molar refractivity (Wildman–Crippen MR) is 112 cm³/mol. The third kappa shape index (κ3) is 4.53. The number of benzene rings is 2. The van der Waals surface area contributed by atoms with Gasteiger partial charge in [-0.15, -0.1) is 0 Å². The van der Waals surface area contributed by atoms with Crippen molar-refractivity contribution in [1.29, 1.82) is 0 Å². The third-order valence-electron chi connectivity index (χ3n) is 4.14. The van der Waals surface area contributed by atoms with Gasteiger partial charge in [0.2, 0.25) is 0 Å². The SMILES string of the molecule is C=COP(C)(C)(C)/C(=C(/C(=O)OC)C(=O)c1ccccc1)c1ccccc1. The number of carbonyl (C=O) groups excluding carboxylic acids is 2. The number of Topliss-reactive ketones (excluding diaryl/α,β-unsaturated/α-hetero) is 1. The Morgan fingerprint density at radius 2 is 1.37 bits per heavy atom. The fraction of sp³-hybridized carbons (Fsp3) is 0.182. The molecule has 0 saturated heterocycles. The Labute approximate surface area is 160 Å². The van der Waals surface area contributed by atoms with Gasteiger partial charge < -0.3 is 0 Å². The quantitative estimate of drug-likeness (QED) is 0.129. The maximum absolute atomic E-state index is 13.3. The summed E-state index contributed by atoms with van der Waals surface area (Å²) in [5, 5.41) is 0.558. The van der Waals surface area contributed by atoms with Gasteiger partial charge in [0.25, 0.3) is 0 Å². The second-order valence-corrected chi connectivity index (χ2v) is 13.2. The first-order chi connectivity index (χ1) is 12.7. The van der Waals surface area contributed by atoms with E-state index in [9.17, 15) is 9.59 Å². The van der Waals surface area contributed by atoms with Crippen LogP contribution in [0.15, 0.2) is 79.1 Å². The molecule has 0 bridgehead atoms. The average Bonchev–Trinajstić information content (AvgIpc) is 2.65. The molecule has 0 spiro atoms. The molecule has 0 N–H and O–H groups in total. The van der Waals surface area contributed by atoms with Gasteiger partial charge in [0.1, 0.15) is 0 Å². The predicted octanol–water partition coefficient (Wildman–Crippen LogP) is 4.97. The van der Waals surface area contributed by atoms with Crippen molar-refractivity contribution >= 4 is 23.9 Å². The van der Waals surface area contributed by atoms with E-state index >= 15 is 0 Å². The number of hydrogen-bond donors (Lipinski definition) is 0. The number of hydrogen-bond acceptors (Lipinski definition) is 4. The molecule has 0 aliphatic carbocycles. The number of esters is 1. The Morgan fingerprint density at radius 3 is 1.81 bits per heavy atom. The molecule has 0 heterocycles. The average molecular weight is 384 g/mol. The van der Waals surface area contributed by atoms with Crippen LogP contribution >= 0.6 is 6.83 Å². The Hall–Kier alpha value is -2.71. The number of methoxy groups -OCH3 is 1. The third-order valence-corrected chi connectivity index (χ3v) is 7.04. The van der Waals surface area contributed by atoms with Crippen molar-refractivity contribution in [2.75, 3.05) is 27.1 Å². The van der Waals surface area contributed by atoms with Crippen molar-refractivity contribution in [2.24, 2.45) is 0 Å². The maximum atomic E-state index is 13.3. The van der Waals surface area contributed by atoms with Gasteiger partial charge in [0.05, 0.1) is 0 Å². The molecule has 4 nitrogen and oxygen atoms in total. The molecule has 27 heavy (non-hydrogen) atoms. The summed E-state index contributed by atoms with van der Waals surface area (Å²) in [6.07, 6.45) is 1.36. The van der Waals surface area contributed by atoms with Crippen molar-refractivity contribution < 1.29 is 18.8 Å². The van der Waals surface area contributed by atoms with E-state index in [0.29, 0.717) is 10.9 Å². The fourth-order valence-electron chi connectivity index (χ4n) is 3.01. The van der Waals surface area contributed by atoms with Gasteiger partial charge in [0.15, 0.2) is 0 Å². The summed E-state index contributed by atoms with van der Waals surface area (Å²) in [6, 6.07) is 18.0.